The minimum absolute atomic E-state index is 0.534. The van der Waals surface area contributed by atoms with Crippen molar-refractivity contribution < 1.29 is 4.21 Å². The van der Waals surface area contributed by atoms with Crippen LogP contribution in [-0.4, -0.2) is 51.9 Å². The molecule has 3 nitrogen and oxygen atoms in total. The Morgan fingerprint density at radius 2 is 1.31 bits per heavy atom. The molecule has 0 aliphatic carbocycles. The smallest absolute Gasteiger partial charge is 0.0377 e. The molecule has 0 aromatic rings. The third-order valence-corrected chi connectivity index (χ3v) is 4.16. The third-order valence-electron chi connectivity index (χ3n) is 2.89. The summed E-state index contributed by atoms with van der Waals surface area (Å²) < 4.78 is 11.2. The molecule has 76 valence electrons. The van der Waals surface area contributed by atoms with Crippen LogP contribution in [0.15, 0.2) is 0 Å². The lowest BCUT2D eigenvalue weighted by Crippen LogP contribution is -2.51. The van der Waals surface area contributed by atoms with Crippen molar-refractivity contribution >= 4 is 10.8 Å². The average molecular weight is 202 g/mol. The van der Waals surface area contributed by atoms with Crippen molar-refractivity contribution in [3.8, 4) is 0 Å². The van der Waals surface area contributed by atoms with E-state index in [0.717, 1.165) is 24.6 Å². The normalized spacial score (nSPS) is 29.2. The van der Waals surface area contributed by atoms with Gasteiger partial charge in [-0.25, -0.2) is 10.0 Å². The van der Waals surface area contributed by atoms with Gasteiger partial charge in [0, 0.05) is 48.5 Å². The maximum atomic E-state index is 11.2. The fourth-order valence-electron chi connectivity index (χ4n) is 2.07. The van der Waals surface area contributed by atoms with Crippen molar-refractivity contribution in [2.24, 2.45) is 0 Å². The van der Waals surface area contributed by atoms with Gasteiger partial charge in [-0.1, -0.05) is 6.42 Å². The van der Waals surface area contributed by atoms with Crippen LogP contribution in [0, 0.1) is 0 Å². The van der Waals surface area contributed by atoms with E-state index in [1.807, 2.05) is 0 Å². The van der Waals surface area contributed by atoms with Crippen LogP contribution < -0.4 is 0 Å². The first-order chi connectivity index (χ1) is 6.36. The van der Waals surface area contributed by atoms with Gasteiger partial charge in [0.1, 0.15) is 0 Å². The van der Waals surface area contributed by atoms with E-state index in [1.165, 1.54) is 32.4 Å². The molecule has 0 spiro atoms. The maximum Gasteiger partial charge on any atom is 0.0377 e. The number of hydrogen-bond donors (Lipinski definition) is 0. The van der Waals surface area contributed by atoms with Crippen LogP contribution in [0.2, 0.25) is 0 Å². The van der Waals surface area contributed by atoms with Gasteiger partial charge in [0.15, 0.2) is 0 Å². The van der Waals surface area contributed by atoms with Gasteiger partial charge < -0.3 is 0 Å². The lowest BCUT2D eigenvalue weighted by molar-refractivity contribution is -0.0316. The zero-order valence-corrected chi connectivity index (χ0v) is 8.89. The molecule has 2 fully saturated rings. The second-order valence-corrected chi connectivity index (χ2v) is 5.51. The predicted molar refractivity (Wildman–Crippen MR) is 54.9 cm³/mol. The predicted octanol–water partition coefficient (Wildman–Crippen LogP) is 0.452. The van der Waals surface area contributed by atoms with Gasteiger partial charge in [0.25, 0.3) is 0 Å². The zero-order valence-electron chi connectivity index (χ0n) is 8.07. The topological polar surface area (TPSA) is 23.6 Å². The SMILES string of the molecule is O=S1CCN(N2CCCCC2)CC1. The Labute approximate surface area is 82.5 Å². The maximum absolute atomic E-state index is 11.2. The summed E-state index contributed by atoms with van der Waals surface area (Å²) in [5.74, 6) is 1.74. The fourth-order valence-corrected chi connectivity index (χ4v) is 3.10. The first-order valence-corrected chi connectivity index (χ1v) is 6.70. The van der Waals surface area contributed by atoms with Crippen molar-refractivity contribution in [2.45, 2.75) is 19.3 Å². The molecule has 13 heavy (non-hydrogen) atoms. The minimum Gasteiger partial charge on any atom is -0.259 e. The summed E-state index contributed by atoms with van der Waals surface area (Å²) in [5, 5.41) is 4.86. The van der Waals surface area contributed by atoms with E-state index in [4.69, 9.17) is 0 Å². The highest BCUT2D eigenvalue weighted by molar-refractivity contribution is 7.85. The van der Waals surface area contributed by atoms with Crippen LogP contribution >= 0.6 is 0 Å². The van der Waals surface area contributed by atoms with Gasteiger partial charge in [-0.15, -0.1) is 0 Å². The molecule has 0 unspecified atom stereocenters. The van der Waals surface area contributed by atoms with E-state index in [1.54, 1.807) is 0 Å². The Kier molecular flexibility index (Phi) is 3.35. The molecular weight excluding hydrogens is 184 g/mol. The number of hydrogen-bond acceptors (Lipinski definition) is 3. The van der Waals surface area contributed by atoms with Gasteiger partial charge >= 0.3 is 0 Å². The highest BCUT2D eigenvalue weighted by Crippen LogP contribution is 2.13. The van der Waals surface area contributed by atoms with Crippen LogP contribution in [0.5, 0.6) is 0 Å². The van der Waals surface area contributed by atoms with E-state index in [2.05, 4.69) is 10.0 Å². The van der Waals surface area contributed by atoms with Gasteiger partial charge in [0.05, 0.1) is 0 Å². The van der Waals surface area contributed by atoms with Crippen LogP contribution in [0.3, 0.4) is 0 Å². The minimum atomic E-state index is -0.534. The monoisotopic (exact) mass is 202 g/mol. The Morgan fingerprint density at radius 1 is 0.769 bits per heavy atom. The van der Waals surface area contributed by atoms with Crippen molar-refractivity contribution in [1.82, 2.24) is 10.0 Å². The lowest BCUT2D eigenvalue weighted by Gasteiger charge is -2.39. The molecule has 4 heteroatoms. The molecule has 0 N–H and O–H groups in total. The van der Waals surface area contributed by atoms with Crippen LogP contribution in [-0.2, 0) is 10.8 Å². The van der Waals surface area contributed by atoms with Crippen molar-refractivity contribution in [3.63, 3.8) is 0 Å². The first-order valence-electron chi connectivity index (χ1n) is 5.21. The molecule has 0 bridgehead atoms. The van der Waals surface area contributed by atoms with Crippen molar-refractivity contribution in [2.75, 3.05) is 37.7 Å². The second-order valence-electron chi connectivity index (χ2n) is 3.82. The molecule has 2 aliphatic rings. The first kappa shape index (κ1) is 9.62. The second kappa shape index (κ2) is 4.53. The molecular formula is C9H18N2OS. The quantitative estimate of drug-likeness (QED) is 0.617. The summed E-state index contributed by atoms with van der Waals surface area (Å²) in [6.45, 7) is 4.44. The van der Waals surface area contributed by atoms with Crippen LogP contribution in [0.1, 0.15) is 19.3 Å². The molecule has 2 aliphatic heterocycles. The fraction of sp³-hybridized carbons (Fsp3) is 1.00. The molecule has 0 radical (unpaired) electrons. The Hall–Kier alpha value is 0.0700. The zero-order chi connectivity index (χ0) is 9.10. The van der Waals surface area contributed by atoms with E-state index in [9.17, 15) is 4.21 Å². The number of rotatable bonds is 1. The van der Waals surface area contributed by atoms with Gasteiger partial charge in [-0.05, 0) is 12.8 Å². The average Bonchev–Trinajstić information content (AvgIpc) is 2.20. The Balaban J connectivity index is 1.82. The summed E-state index contributed by atoms with van der Waals surface area (Å²) in [5.41, 5.74) is 0. The highest BCUT2D eigenvalue weighted by Gasteiger charge is 2.21. The molecule has 0 aromatic heterocycles. The summed E-state index contributed by atoms with van der Waals surface area (Å²) in [6.07, 6.45) is 4.05. The van der Waals surface area contributed by atoms with Crippen molar-refractivity contribution in [3.05, 3.63) is 0 Å². The molecule has 0 aromatic carbocycles. The van der Waals surface area contributed by atoms with E-state index >= 15 is 0 Å². The van der Waals surface area contributed by atoms with E-state index in [0.29, 0.717) is 0 Å². The lowest BCUT2D eigenvalue weighted by atomic mass is 10.2. The molecule has 0 amide bonds. The largest absolute Gasteiger partial charge is 0.259 e. The third kappa shape index (κ3) is 2.51. The Bertz CT molecular complexity index is 182. The van der Waals surface area contributed by atoms with Gasteiger partial charge in [-0.2, -0.15) is 0 Å². The van der Waals surface area contributed by atoms with Crippen LogP contribution in [0.4, 0.5) is 0 Å². The molecule has 2 heterocycles. The highest BCUT2D eigenvalue weighted by atomic mass is 32.2. The summed E-state index contributed by atoms with van der Waals surface area (Å²) in [4.78, 5) is 0. The standard InChI is InChI=1S/C9H18N2OS/c12-13-8-6-11(7-9-13)10-4-2-1-3-5-10/h1-9H2. The molecule has 2 saturated heterocycles. The molecule has 0 atom stereocenters. The number of nitrogens with zero attached hydrogens (tertiary/aromatic N) is 2. The molecule has 0 saturated carbocycles. The van der Waals surface area contributed by atoms with Crippen molar-refractivity contribution in [1.29, 1.82) is 0 Å². The summed E-state index contributed by atoms with van der Waals surface area (Å²) in [6, 6.07) is 0. The van der Waals surface area contributed by atoms with Gasteiger partial charge in [-0.3, -0.25) is 4.21 Å². The summed E-state index contributed by atoms with van der Waals surface area (Å²) in [7, 11) is -0.534. The number of piperidine rings is 1. The van der Waals surface area contributed by atoms with Crippen LogP contribution in [0.25, 0.3) is 0 Å². The Morgan fingerprint density at radius 3 is 1.92 bits per heavy atom. The summed E-state index contributed by atoms with van der Waals surface area (Å²) >= 11 is 0. The van der Waals surface area contributed by atoms with Gasteiger partial charge in [0.2, 0.25) is 0 Å². The van der Waals surface area contributed by atoms with E-state index < -0.39 is 10.8 Å². The number of hydrazine groups is 1. The molecule has 2 rings (SSSR count). The van der Waals surface area contributed by atoms with E-state index in [-0.39, 0.29) is 0 Å².